The Bertz CT molecular complexity index is 1030. The van der Waals surface area contributed by atoms with E-state index in [1.54, 1.807) is 30.0 Å². The smallest absolute Gasteiger partial charge is 0.274 e. The molecule has 5 N–H and O–H groups in total. The summed E-state index contributed by atoms with van der Waals surface area (Å²) >= 11 is 0. The molecule has 0 fully saturated rings. The molecule has 3 atom stereocenters. The zero-order chi connectivity index (χ0) is 28.1. The summed E-state index contributed by atoms with van der Waals surface area (Å²) < 4.78 is 0. The van der Waals surface area contributed by atoms with E-state index in [2.05, 4.69) is 11.0 Å². The van der Waals surface area contributed by atoms with Crippen molar-refractivity contribution in [2.24, 2.45) is 0 Å². The number of nitrogens with one attached hydrogen (secondary N) is 2. The summed E-state index contributed by atoms with van der Waals surface area (Å²) in [6.07, 6.45) is -1.97. The van der Waals surface area contributed by atoms with Gasteiger partial charge < -0.3 is 20.2 Å². The second-order valence-electron chi connectivity index (χ2n) is 9.21. The first-order valence-electron chi connectivity index (χ1n) is 13.0. The molecular formula is C28H41N3O7. The van der Waals surface area contributed by atoms with Crippen molar-refractivity contribution in [3.8, 4) is 0 Å². The zero-order valence-corrected chi connectivity index (χ0v) is 22.6. The normalized spacial score (nSPS) is 13.4. The van der Waals surface area contributed by atoms with Gasteiger partial charge in [0.25, 0.3) is 11.8 Å². The van der Waals surface area contributed by atoms with Gasteiger partial charge in [-0.05, 0) is 67.6 Å². The highest BCUT2D eigenvalue weighted by Crippen LogP contribution is 2.14. The Morgan fingerprint density at radius 1 is 0.895 bits per heavy atom. The molecule has 10 heteroatoms. The molecule has 2 aromatic carbocycles. The summed E-state index contributed by atoms with van der Waals surface area (Å²) in [7, 11) is 0. The number of carbonyl (C=O) groups excluding carboxylic acids is 2. The number of amides is 2. The van der Waals surface area contributed by atoms with Gasteiger partial charge in [0.2, 0.25) is 0 Å². The third kappa shape index (κ3) is 9.70. The Hall–Kier alpha value is -3.02. The van der Waals surface area contributed by atoms with Crippen LogP contribution in [-0.2, 0) is 16.1 Å². The van der Waals surface area contributed by atoms with Crippen molar-refractivity contribution in [1.29, 1.82) is 0 Å². The molecule has 0 aliphatic rings. The molecule has 2 amide bonds. The Morgan fingerprint density at radius 2 is 1.53 bits per heavy atom. The lowest BCUT2D eigenvalue weighted by molar-refractivity contribution is -0.112. The number of hydroxylamine groups is 1. The Balaban J connectivity index is 1.84. The summed E-state index contributed by atoms with van der Waals surface area (Å²) in [6, 6.07) is 12.4. The lowest BCUT2D eigenvalue weighted by Crippen LogP contribution is -2.44. The van der Waals surface area contributed by atoms with Gasteiger partial charge in [0.1, 0.15) is 31.5 Å². The molecule has 0 saturated heterocycles. The molecule has 2 aromatic rings. The predicted molar refractivity (Wildman–Crippen MR) is 144 cm³/mol. The highest BCUT2D eigenvalue weighted by atomic mass is 16.7. The largest absolute Gasteiger partial charge is 0.388 e. The van der Waals surface area contributed by atoms with Crippen LogP contribution in [0.25, 0.3) is 0 Å². The minimum Gasteiger partial charge on any atom is -0.388 e. The van der Waals surface area contributed by atoms with Gasteiger partial charge in [0, 0.05) is 24.2 Å². The fourth-order valence-corrected chi connectivity index (χ4v) is 3.85. The molecule has 0 aliphatic carbocycles. The van der Waals surface area contributed by atoms with Crippen LogP contribution in [0.4, 0.5) is 5.69 Å². The van der Waals surface area contributed by atoms with Crippen molar-refractivity contribution in [2.45, 2.75) is 65.3 Å². The second-order valence-corrected chi connectivity index (χ2v) is 9.21. The lowest BCUT2D eigenvalue weighted by Gasteiger charge is -2.23. The molecule has 0 heterocycles. The van der Waals surface area contributed by atoms with Crippen LogP contribution in [0.5, 0.6) is 0 Å². The maximum absolute atomic E-state index is 12.9. The minimum atomic E-state index is -1.58. The van der Waals surface area contributed by atoms with E-state index < -0.39 is 30.8 Å². The standard InChI is InChI=1S/C28H41N3O7/c1-5-11-31(12-6-2)28(36)22-14-19(4)13-21(16-22)27(35)30-38-18-25(33)26(34)24(32)17-37-29-23-10-8-9-20(7-3)15-23/h8-10,13-16,24-26,29,32-34H,5-7,11-12,17-18H2,1-4H3,(H,30,35)/t24-,25+,26+/m1/s1. The van der Waals surface area contributed by atoms with Gasteiger partial charge in [-0.1, -0.05) is 32.9 Å². The average Bonchev–Trinajstić information content (AvgIpc) is 2.91. The highest BCUT2D eigenvalue weighted by Gasteiger charge is 2.26. The summed E-state index contributed by atoms with van der Waals surface area (Å²) in [5, 5.41) is 30.5. The third-order valence-electron chi connectivity index (χ3n) is 5.85. The molecule has 210 valence electrons. The fourth-order valence-electron chi connectivity index (χ4n) is 3.85. The van der Waals surface area contributed by atoms with Crippen LogP contribution >= 0.6 is 0 Å². The van der Waals surface area contributed by atoms with Gasteiger partial charge in [0.15, 0.2) is 0 Å². The average molecular weight is 532 g/mol. The highest BCUT2D eigenvalue weighted by molar-refractivity contribution is 5.99. The van der Waals surface area contributed by atoms with Gasteiger partial charge >= 0.3 is 0 Å². The number of aliphatic hydroxyl groups is 3. The molecule has 38 heavy (non-hydrogen) atoms. The van der Waals surface area contributed by atoms with E-state index >= 15 is 0 Å². The maximum Gasteiger partial charge on any atom is 0.274 e. The molecule has 0 spiro atoms. The number of benzene rings is 2. The first-order chi connectivity index (χ1) is 18.2. The van der Waals surface area contributed by atoms with Gasteiger partial charge in [-0.2, -0.15) is 0 Å². The van der Waals surface area contributed by atoms with Crippen LogP contribution in [0.2, 0.25) is 0 Å². The minimum absolute atomic E-state index is 0.144. The first-order valence-corrected chi connectivity index (χ1v) is 13.0. The molecule has 10 nitrogen and oxygen atoms in total. The molecule has 2 rings (SSSR count). The van der Waals surface area contributed by atoms with E-state index in [0.29, 0.717) is 24.3 Å². The summed E-state index contributed by atoms with van der Waals surface area (Å²) in [6.45, 7) is 8.31. The van der Waals surface area contributed by atoms with E-state index in [-0.39, 0.29) is 18.1 Å². The van der Waals surface area contributed by atoms with Crippen molar-refractivity contribution in [1.82, 2.24) is 10.4 Å². The molecule has 0 bridgehead atoms. The SMILES string of the molecule is CCCN(CCC)C(=O)c1cc(C)cc(C(=O)NOC[C@H](O)[C@@H](O)[C@H](O)CONc2cccc(CC)c2)c1. The third-order valence-corrected chi connectivity index (χ3v) is 5.85. The molecule has 0 aliphatic heterocycles. The second kappa shape index (κ2) is 16.1. The number of aliphatic hydroxyl groups excluding tert-OH is 3. The van der Waals surface area contributed by atoms with Crippen molar-refractivity contribution in [2.75, 3.05) is 31.8 Å². The van der Waals surface area contributed by atoms with E-state index in [4.69, 9.17) is 9.68 Å². The van der Waals surface area contributed by atoms with Gasteiger partial charge in [-0.25, -0.2) is 5.48 Å². The van der Waals surface area contributed by atoms with Crippen LogP contribution in [0.15, 0.2) is 42.5 Å². The molecular weight excluding hydrogens is 490 g/mol. The Morgan fingerprint density at radius 3 is 2.16 bits per heavy atom. The van der Waals surface area contributed by atoms with E-state index in [0.717, 1.165) is 30.4 Å². The van der Waals surface area contributed by atoms with Crippen molar-refractivity contribution in [3.63, 3.8) is 0 Å². The number of hydrogen-bond acceptors (Lipinski definition) is 8. The first kappa shape index (κ1) is 31.2. The Labute approximate surface area is 224 Å². The topological polar surface area (TPSA) is 141 Å². The van der Waals surface area contributed by atoms with Crippen LogP contribution in [0, 0.1) is 6.92 Å². The van der Waals surface area contributed by atoms with Crippen molar-refractivity contribution < 1.29 is 34.6 Å². The van der Waals surface area contributed by atoms with Crippen LogP contribution < -0.4 is 11.0 Å². The number of hydrogen-bond donors (Lipinski definition) is 5. The van der Waals surface area contributed by atoms with Gasteiger partial charge in [-0.15, -0.1) is 0 Å². The molecule has 0 aromatic heterocycles. The van der Waals surface area contributed by atoms with Gasteiger partial charge in [-0.3, -0.25) is 24.7 Å². The summed E-state index contributed by atoms with van der Waals surface area (Å²) in [5.41, 5.74) is 8.08. The number of aryl methyl sites for hydroxylation is 2. The van der Waals surface area contributed by atoms with E-state index in [1.165, 1.54) is 6.07 Å². The monoisotopic (exact) mass is 531 g/mol. The van der Waals surface area contributed by atoms with Crippen molar-refractivity contribution in [3.05, 3.63) is 64.7 Å². The lowest BCUT2D eigenvalue weighted by atomic mass is 10.0. The molecule has 0 unspecified atom stereocenters. The van der Waals surface area contributed by atoms with Crippen LogP contribution in [0.3, 0.4) is 0 Å². The fraction of sp³-hybridized carbons (Fsp3) is 0.500. The van der Waals surface area contributed by atoms with Crippen LogP contribution in [0.1, 0.15) is 65.5 Å². The number of nitrogens with zero attached hydrogens (tertiary/aromatic N) is 1. The van der Waals surface area contributed by atoms with Crippen molar-refractivity contribution >= 4 is 17.5 Å². The summed E-state index contributed by atoms with van der Waals surface area (Å²) in [4.78, 5) is 37.6. The molecule has 0 radical (unpaired) electrons. The van der Waals surface area contributed by atoms with E-state index in [9.17, 15) is 24.9 Å². The number of rotatable bonds is 16. The summed E-state index contributed by atoms with van der Waals surface area (Å²) in [5.74, 6) is -0.751. The number of anilines is 1. The maximum atomic E-state index is 12.9. The molecule has 0 saturated carbocycles. The van der Waals surface area contributed by atoms with Gasteiger partial charge in [0.05, 0.1) is 5.69 Å². The Kier molecular flexibility index (Phi) is 13.2. The van der Waals surface area contributed by atoms with E-state index in [1.807, 2.05) is 39.0 Å². The quantitative estimate of drug-likeness (QED) is 0.208. The zero-order valence-electron chi connectivity index (χ0n) is 22.6. The number of carbonyl (C=O) groups is 2. The predicted octanol–water partition coefficient (Wildman–Crippen LogP) is 2.61. The van der Waals surface area contributed by atoms with Crippen LogP contribution in [-0.4, -0.2) is 76.6 Å².